The minimum atomic E-state index is -0.676. The molecule has 152 valence electrons. The van der Waals surface area contributed by atoms with Crippen molar-refractivity contribution in [1.29, 1.82) is 0 Å². The molecule has 3 aromatic rings. The van der Waals surface area contributed by atoms with Gasteiger partial charge in [0.25, 0.3) is 0 Å². The fourth-order valence-electron chi connectivity index (χ4n) is 2.62. The number of phenolic OH excluding ortho intramolecular Hbond substituents is 1. The molecule has 0 amide bonds. The van der Waals surface area contributed by atoms with Gasteiger partial charge in [0.05, 0.1) is 9.83 Å². The Bertz CT molecular complexity index is 1130. The summed E-state index contributed by atoms with van der Waals surface area (Å²) in [5.41, 5.74) is 1.28. The largest absolute Gasteiger partial charge is 0.502 e. The molecule has 0 aliphatic heterocycles. The highest BCUT2D eigenvalue weighted by Gasteiger charge is 2.17. The zero-order valence-electron chi connectivity index (χ0n) is 15.4. The number of rotatable bonds is 7. The van der Waals surface area contributed by atoms with Crippen LogP contribution in [-0.4, -0.2) is 15.8 Å². The van der Waals surface area contributed by atoms with E-state index in [2.05, 4.69) is 0 Å². The molecular weight excluding hydrogens is 445 g/mol. The summed E-state index contributed by atoms with van der Waals surface area (Å²) in [7, 11) is 0. The van der Waals surface area contributed by atoms with E-state index in [1.54, 1.807) is 36.4 Å². The first-order valence-electron chi connectivity index (χ1n) is 8.70. The second kappa shape index (κ2) is 9.80. The van der Waals surface area contributed by atoms with Crippen molar-refractivity contribution in [3.63, 3.8) is 0 Å². The summed E-state index contributed by atoms with van der Waals surface area (Å²) in [6.07, 6.45) is 1.56. The van der Waals surface area contributed by atoms with Gasteiger partial charge in [-0.15, -0.1) is 11.8 Å². The van der Waals surface area contributed by atoms with Crippen LogP contribution in [0.5, 0.6) is 5.75 Å². The Morgan fingerprint density at radius 3 is 2.43 bits per heavy atom. The van der Waals surface area contributed by atoms with Crippen molar-refractivity contribution >= 4 is 52.5 Å². The van der Waals surface area contributed by atoms with E-state index >= 15 is 0 Å². The molecular formula is C22H15Cl2NO4S. The van der Waals surface area contributed by atoms with Crippen LogP contribution in [0.1, 0.15) is 21.5 Å². The molecule has 5 nitrogen and oxygen atoms in total. The third-order valence-electron chi connectivity index (χ3n) is 4.17. The fraction of sp³-hybridized carbons (Fsp3) is 0.0455. The lowest BCUT2D eigenvalue weighted by atomic mass is 10.1. The average Bonchev–Trinajstić information content (AvgIpc) is 2.73. The number of hydrogen-bond donors (Lipinski definition) is 1. The number of nitro groups is 1. The number of benzene rings is 3. The summed E-state index contributed by atoms with van der Waals surface area (Å²) in [5, 5.41) is 21.9. The van der Waals surface area contributed by atoms with E-state index in [4.69, 9.17) is 23.2 Å². The lowest BCUT2D eigenvalue weighted by Gasteiger charge is -2.09. The van der Waals surface area contributed by atoms with Gasteiger partial charge >= 0.3 is 5.69 Å². The van der Waals surface area contributed by atoms with Gasteiger partial charge in [-0.1, -0.05) is 47.5 Å². The summed E-state index contributed by atoms with van der Waals surface area (Å²) in [6.45, 7) is 0. The molecule has 0 unspecified atom stereocenters. The topological polar surface area (TPSA) is 80.4 Å². The monoisotopic (exact) mass is 459 g/mol. The van der Waals surface area contributed by atoms with Crippen LogP contribution in [0.4, 0.5) is 5.69 Å². The van der Waals surface area contributed by atoms with Gasteiger partial charge < -0.3 is 5.11 Å². The van der Waals surface area contributed by atoms with Gasteiger partial charge in [0.15, 0.2) is 11.5 Å². The van der Waals surface area contributed by atoms with Gasteiger partial charge in [-0.25, -0.2) is 0 Å². The molecule has 3 rings (SSSR count). The molecule has 0 heterocycles. The molecule has 30 heavy (non-hydrogen) atoms. The molecule has 0 bridgehead atoms. The van der Waals surface area contributed by atoms with Crippen molar-refractivity contribution in [2.45, 2.75) is 5.75 Å². The van der Waals surface area contributed by atoms with Crippen molar-refractivity contribution in [3.05, 3.63) is 108 Å². The number of nitrogens with zero attached hydrogens (tertiary/aromatic N) is 1. The van der Waals surface area contributed by atoms with Crippen LogP contribution >= 0.6 is 35.0 Å². The fourth-order valence-corrected chi connectivity index (χ4v) is 4.05. The average molecular weight is 460 g/mol. The number of ketones is 1. The summed E-state index contributed by atoms with van der Waals surface area (Å²) in [4.78, 5) is 23.9. The summed E-state index contributed by atoms with van der Waals surface area (Å²) in [6, 6.07) is 17.8. The highest BCUT2D eigenvalue weighted by atomic mass is 35.5. The van der Waals surface area contributed by atoms with Gasteiger partial charge in [0.2, 0.25) is 0 Å². The summed E-state index contributed by atoms with van der Waals surface area (Å²) in [5.74, 6) is -0.253. The second-order valence-electron chi connectivity index (χ2n) is 6.23. The van der Waals surface area contributed by atoms with E-state index in [9.17, 15) is 20.0 Å². The Hall–Kier alpha value is -2.80. The van der Waals surface area contributed by atoms with E-state index in [0.717, 1.165) is 5.56 Å². The van der Waals surface area contributed by atoms with Crippen molar-refractivity contribution in [3.8, 4) is 5.75 Å². The Kier molecular flexibility index (Phi) is 7.15. The van der Waals surface area contributed by atoms with Gasteiger partial charge in [-0.05, 0) is 53.6 Å². The smallest absolute Gasteiger partial charge is 0.311 e. The van der Waals surface area contributed by atoms with Gasteiger partial charge in [-0.3, -0.25) is 14.9 Å². The number of carbonyl (C=O) groups excluding carboxylic acids is 1. The standard InChI is InChI=1S/C22H15Cl2NO4S/c23-17-8-6-15(7-9-17)22(27)21(30-13-16-3-1-2-4-18(16)24)12-14-5-10-20(26)19(11-14)25(28)29/h1-12,26H,13H2/b21-12+. The molecule has 0 atom stereocenters. The van der Waals surface area contributed by atoms with Gasteiger partial charge in [0.1, 0.15) is 0 Å². The van der Waals surface area contributed by atoms with Crippen LogP contribution in [0.2, 0.25) is 10.0 Å². The van der Waals surface area contributed by atoms with Crippen LogP contribution in [-0.2, 0) is 5.75 Å². The number of carbonyl (C=O) groups is 1. The maximum Gasteiger partial charge on any atom is 0.311 e. The van der Waals surface area contributed by atoms with E-state index < -0.39 is 16.4 Å². The molecule has 0 radical (unpaired) electrons. The van der Waals surface area contributed by atoms with Crippen LogP contribution in [0.3, 0.4) is 0 Å². The zero-order valence-corrected chi connectivity index (χ0v) is 17.7. The van der Waals surface area contributed by atoms with Crippen molar-refractivity contribution < 1.29 is 14.8 Å². The lowest BCUT2D eigenvalue weighted by molar-refractivity contribution is -0.385. The minimum absolute atomic E-state index is 0.251. The molecule has 8 heteroatoms. The van der Waals surface area contributed by atoms with Crippen molar-refractivity contribution in [2.24, 2.45) is 0 Å². The number of aromatic hydroxyl groups is 1. The van der Waals surface area contributed by atoms with Gasteiger partial charge in [0, 0.05) is 27.4 Å². The first-order chi connectivity index (χ1) is 14.3. The molecule has 0 aromatic heterocycles. The SMILES string of the molecule is O=C(/C(=C\c1ccc(O)c([N+](=O)[O-])c1)SCc1ccccc1Cl)c1ccc(Cl)cc1. The number of Topliss-reactive ketones (excluding diaryl/α,β-unsaturated/α-hetero) is 1. The van der Waals surface area contributed by atoms with E-state index in [0.29, 0.717) is 31.8 Å². The van der Waals surface area contributed by atoms with Crippen molar-refractivity contribution in [2.75, 3.05) is 0 Å². The maximum atomic E-state index is 13.1. The summed E-state index contributed by atoms with van der Waals surface area (Å²) >= 11 is 13.4. The number of halogens is 2. The molecule has 0 saturated heterocycles. The minimum Gasteiger partial charge on any atom is -0.502 e. The molecule has 0 fully saturated rings. The first kappa shape index (κ1) is 21.9. The number of thioether (sulfide) groups is 1. The molecule has 0 aliphatic rings. The van der Waals surface area contributed by atoms with Crippen LogP contribution in [0.25, 0.3) is 6.08 Å². The first-order valence-corrected chi connectivity index (χ1v) is 10.4. The number of hydrogen-bond acceptors (Lipinski definition) is 5. The van der Waals surface area contributed by atoms with E-state index in [1.807, 2.05) is 18.2 Å². The highest BCUT2D eigenvalue weighted by molar-refractivity contribution is 8.03. The van der Waals surface area contributed by atoms with Crippen LogP contribution < -0.4 is 0 Å². The third kappa shape index (κ3) is 5.42. The predicted octanol–water partition coefficient (Wildman–Crippen LogP) is 6.76. The predicted molar refractivity (Wildman–Crippen MR) is 121 cm³/mol. The number of allylic oxidation sites excluding steroid dienone is 1. The van der Waals surface area contributed by atoms with Crippen molar-refractivity contribution in [1.82, 2.24) is 0 Å². The Morgan fingerprint density at radius 2 is 1.77 bits per heavy atom. The quantitative estimate of drug-likeness (QED) is 0.182. The Morgan fingerprint density at radius 1 is 1.07 bits per heavy atom. The number of nitro benzene ring substituents is 1. The molecule has 0 aliphatic carbocycles. The van der Waals surface area contributed by atoms with Gasteiger partial charge in [-0.2, -0.15) is 0 Å². The normalized spacial score (nSPS) is 11.3. The molecule has 1 N–H and O–H groups in total. The molecule has 3 aromatic carbocycles. The van der Waals surface area contributed by atoms with E-state index in [1.165, 1.54) is 30.0 Å². The van der Waals surface area contributed by atoms with Crippen LogP contribution in [0, 0.1) is 10.1 Å². The Labute approximate surface area is 187 Å². The highest BCUT2D eigenvalue weighted by Crippen LogP contribution is 2.32. The lowest BCUT2D eigenvalue weighted by Crippen LogP contribution is -2.01. The van der Waals surface area contributed by atoms with E-state index in [-0.39, 0.29) is 5.78 Å². The zero-order chi connectivity index (χ0) is 21.7. The second-order valence-corrected chi connectivity index (χ2v) is 8.09. The number of phenols is 1. The summed E-state index contributed by atoms with van der Waals surface area (Å²) < 4.78 is 0. The third-order valence-corrected chi connectivity index (χ3v) is 5.86. The molecule has 0 saturated carbocycles. The maximum absolute atomic E-state index is 13.1. The Balaban J connectivity index is 1.98. The molecule has 0 spiro atoms. The van der Waals surface area contributed by atoms with Crippen LogP contribution in [0.15, 0.2) is 71.6 Å².